The molecule has 0 bridgehead atoms. The van der Waals surface area contributed by atoms with Crippen molar-refractivity contribution >= 4 is 37.7 Å². The van der Waals surface area contributed by atoms with Gasteiger partial charge in [-0.1, -0.05) is 0 Å². The zero-order valence-corrected chi connectivity index (χ0v) is 10.0. The highest BCUT2D eigenvalue weighted by atomic mass is 79.9. The first-order valence-electron chi connectivity index (χ1n) is 3.70. The molecule has 2 aromatic rings. The fourth-order valence-corrected chi connectivity index (χ4v) is 1.51. The molecule has 0 atom stereocenters. The summed E-state index contributed by atoms with van der Waals surface area (Å²) in [6.45, 7) is 0. The second kappa shape index (κ2) is 3.70. The van der Waals surface area contributed by atoms with E-state index >= 15 is 0 Å². The zero-order chi connectivity index (χ0) is 10.1. The van der Waals surface area contributed by atoms with Gasteiger partial charge in [0.1, 0.15) is 5.82 Å². The summed E-state index contributed by atoms with van der Waals surface area (Å²) in [5.74, 6) is 1.42. The summed E-state index contributed by atoms with van der Waals surface area (Å²) in [7, 11) is 0. The summed E-state index contributed by atoms with van der Waals surface area (Å²) in [5.41, 5.74) is 5.62. The predicted octanol–water partition coefficient (Wildman–Crippen LogP) is 2.84. The van der Waals surface area contributed by atoms with Crippen LogP contribution in [-0.4, -0.2) is 9.97 Å². The Labute approximate surface area is 96.8 Å². The number of anilines is 1. The number of aromatic nitrogens is 2. The lowest BCUT2D eigenvalue weighted by Gasteiger charge is -1.99. The Kier molecular flexibility index (Phi) is 2.56. The van der Waals surface area contributed by atoms with Crippen LogP contribution in [0.2, 0.25) is 0 Å². The number of nitrogens with two attached hydrogens (primary N) is 1. The fraction of sp³-hybridized carbons (Fsp3) is 0. The average Bonchev–Trinajstić information content (AvgIpc) is 2.57. The average molecular weight is 319 g/mol. The van der Waals surface area contributed by atoms with Crippen molar-refractivity contribution in [1.82, 2.24) is 9.97 Å². The first-order chi connectivity index (χ1) is 6.68. The molecule has 0 fully saturated rings. The first-order valence-corrected chi connectivity index (χ1v) is 5.28. The van der Waals surface area contributed by atoms with Gasteiger partial charge in [0, 0.05) is 6.20 Å². The summed E-state index contributed by atoms with van der Waals surface area (Å²) < 4.78 is 6.68. The zero-order valence-electron chi connectivity index (χ0n) is 6.87. The van der Waals surface area contributed by atoms with Crippen molar-refractivity contribution in [2.45, 2.75) is 0 Å². The van der Waals surface area contributed by atoms with E-state index in [9.17, 15) is 0 Å². The molecule has 6 heteroatoms. The van der Waals surface area contributed by atoms with Crippen LogP contribution in [0.3, 0.4) is 0 Å². The molecule has 0 saturated carbocycles. The highest BCUT2D eigenvalue weighted by Gasteiger charge is 2.10. The minimum Gasteiger partial charge on any atom is -0.460 e. The number of nitrogens with zero attached hydrogens (tertiary/aromatic N) is 2. The van der Waals surface area contributed by atoms with E-state index in [2.05, 4.69) is 41.8 Å². The Bertz CT molecular complexity index is 469. The van der Waals surface area contributed by atoms with E-state index in [-0.39, 0.29) is 0 Å². The van der Waals surface area contributed by atoms with Gasteiger partial charge in [0.05, 0.1) is 15.2 Å². The fourth-order valence-electron chi connectivity index (χ4n) is 0.943. The monoisotopic (exact) mass is 317 g/mol. The Morgan fingerprint density at radius 2 is 2.07 bits per heavy atom. The van der Waals surface area contributed by atoms with Crippen molar-refractivity contribution in [3.63, 3.8) is 0 Å². The van der Waals surface area contributed by atoms with Gasteiger partial charge in [-0.05, 0) is 37.9 Å². The van der Waals surface area contributed by atoms with Crippen LogP contribution in [0.1, 0.15) is 0 Å². The van der Waals surface area contributed by atoms with Crippen LogP contribution < -0.4 is 5.73 Å². The molecule has 0 saturated heterocycles. The Morgan fingerprint density at radius 1 is 1.29 bits per heavy atom. The van der Waals surface area contributed by atoms with Crippen LogP contribution >= 0.6 is 31.9 Å². The molecular formula is C8H5Br2N3O. The van der Waals surface area contributed by atoms with Crippen molar-refractivity contribution in [3.8, 4) is 11.6 Å². The van der Waals surface area contributed by atoms with Crippen LogP contribution in [0.25, 0.3) is 11.6 Å². The van der Waals surface area contributed by atoms with Gasteiger partial charge < -0.3 is 10.2 Å². The van der Waals surface area contributed by atoms with E-state index in [0.29, 0.717) is 21.9 Å². The third-order valence-corrected chi connectivity index (χ3v) is 2.83. The minimum atomic E-state index is 0.387. The van der Waals surface area contributed by atoms with Crippen molar-refractivity contribution < 1.29 is 4.42 Å². The van der Waals surface area contributed by atoms with E-state index in [1.165, 1.54) is 0 Å². The Hall–Kier alpha value is -0.880. The third kappa shape index (κ3) is 1.67. The van der Waals surface area contributed by atoms with E-state index in [1.54, 1.807) is 18.5 Å². The molecular weight excluding hydrogens is 314 g/mol. The van der Waals surface area contributed by atoms with Crippen LogP contribution in [0.4, 0.5) is 5.82 Å². The molecule has 0 aromatic carbocycles. The molecule has 0 unspecified atom stereocenters. The number of rotatable bonds is 1. The lowest BCUT2D eigenvalue weighted by Crippen LogP contribution is -1.95. The largest absolute Gasteiger partial charge is 0.460 e. The lowest BCUT2D eigenvalue weighted by molar-refractivity contribution is 0.576. The van der Waals surface area contributed by atoms with Gasteiger partial charge in [0.25, 0.3) is 0 Å². The molecule has 4 nitrogen and oxygen atoms in total. The third-order valence-electron chi connectivity index (χ3n) is 1.59. The summed E-state index contributed by atoms with van der Waals surface area (Å²) in [5, 5.41) is 0. The van der Waals surface area contributed by atoms with E-state index in [4.69, 9.17) is 10.2 Å². The molecule has 0 aliphatic heterocycles. The normalized spacial score (nSPS) is 10.4. The molecule has 0 aliphatic rings. The molecule has 0 radical (unpaired) electrons. The van der Waals surface area contributed by atoms with Crippen molar-refractivity contribution in [1.29, 1.82) is 0 Å². The minimum absolute atomic E-state index is 0.387. The van der Waals surface area contributed by atoms with E-state index < -0.39 is 0 Å². The maximum Gasteiger partial charge on any atom is 0.198 e. The van der Waals surface area contributed by atoms with Crippen molar-refractivity contribution in [2.24, 2.45) is 0 Å². The smallest absolute Gasteiger partial charge is 0.198 e. The Balaban J connectivity index is 2.53. The number of hydrogen-bond acceptors (Lipinski definition) is 4. The van der Waals surface area contributed by atoms with Gasteiger partial charge in [-0.25, -0.2) is 9.97 Å². The van der Waals surface area contributed by atoms with Gasteiger partial charge >= 0.3 is 0 Å². The quantitative estimate of drug-likeness (QED) is 0.878. The standard InChI is InChI=1S/C8H5Br2N3O/c9-4-1-2-14-6(4)8-12-3-5(10)7(11)13-8/h1-3H,(H2,11,12,13). The highest BCUT2D eigenvalue weighted by Crippen LogP contribution is 2.28. The van der Waals surface area contributed by atoms with Gasteiger partial charge in [-0.2, -0.15) is 0 Å². The van der Waals surface area contributed by atoms with Crippen LogP contribution in [0, 0.1) is 0 Å². The SMILES string of the molecule is Nc1nc(-c2occc2Br)ncc1Br. The summed E-state index contributed by atoms with van der Waals surface area (Å²) in [4.78, 5) is 8.15. The molecule has 2 rings (SSSR count). The molecule has 2 aromatic heterocycles. The van der Waals surface area contributed by atoms with Crippen LogP contribution in [0.15, 0.2) is 31.9 Å². The number of hydrogen-bond donors (Lipinski definition) is 1. The van der Waals surface area contributed by atoms with E-state index in [1.807, 2.05) is 0 Å². The summed E-state index contributed by atoms with van der Waals surface area (Å²) >= 11 is 6.54. The number of furan rings is 1. The van der Waals surface area contributed by atoms with Gasteiger partial charge in [0.2, 0.25) is 0 Å². The molecule has 0 aliphatic carbocycles. The maximum atomic E-state index is 5.62. The van der Waals surface area contributed by atoms with Crippen molar-refractivity contribution in [3.05, 3.63) is 27.5 Å². The second-order valence-corrected chi connectivity index (χ2v) is 4.23. The van der Waals surface area contributed by atoms with Crippen LogP contribution in [-0.2, 0) is 0 Å². The molecule has 0 spiro atoms. The molecule has 2 N–H and O–H groups in total. The van der Waals surface area contributed by atoms with E-state index in [0.717, 1.165) is 4.47 Å². The molecule has 72 valence electrons. The van der Waals surface area contributed by atoms with Crippen LogP contribution in [0.5, 0.6) is 0 Å². The van der Waals surface area contributed by atoms with Crippen molar-refractivity contribution in [2.75, 3.05) is 5.73 Å². The molecule has 2 heterocycles. The summed E-state index contributed by atoms with van der Waals surface area (Å²) in [6, 6.07) is 1.77. The van der Waals surface area contributed by atoms with Gasteiger partial charge in [-0.15, -0.1) is 0 Å². The summed E-state index contributed by atoms with van der Waals surface area (Å²) in [6.07, 6.45) is 3.15. The second-order valence-electron chi connectivity index (χ2n) is 2.52. The topological polar surface area (TPSA) is 64.9 Å². The maximum absolute atomic E-state index is 5.62. The molecule has 14 heavy (non-hydrogen) atoms. The number of halogens is 2. The number of nitrogen functional groups attached to an aromatic ring is 1. The highest BCUT2D eigenvalue weighted by molar-refractivity contribution is 9.11. The van der Waals surface area contributed by atoms with Gasteiger partial charge in [-0.3, -0.25) is 0 Å². The van der Waals surface area contributed by atoms with Gasteiger partial charge in [0.15, 0.2) is 11.6 Å². The first kappa shape index (κ1) is 9.67. The lowest BCUT2D eigenvalue weighted by atomic mass is 10.4. The predicted molar refractivity (Wildman–Crippen MR) is 59.5 cm³/mol. The Morgan fingerprint density at radius 3 is 2.64 bits per heavy atom. The molecule has 0 amide bonds.